The Morgan fingerprint density at radius 3 is 2.55 bits per heavy atom. The number of morpholine rings is 1. The molecule has 22 heavy (non-hydrogen) atoms. The molecule has 0 aliphatic carbocycles. The Morgan fingerprint density at radius 2 is 1.91 bits per heavy atom. The first-order valence-corrected chi connectivity index (χ1v) is 9.02. The number of hydrogen-bond acceptors (Lipinski definition) is 3. The summed E-state index contributed by atoms with van der Waals surface area (Å²) in [5.74, 6) is 0.677. The fourth-order valence-corrected chi connectivity index (χ4v) is 4.16. The van der Waals surface area contributed by atoms with Crippen LogP contribution in [0.25, 0.3) is 0 Å². The standard InChI is InChI=1S/C17H22BrNO3/c18-7-6-14-8-15-11-21-12-16(9-14)19(15)17(20)22-10-13-4-2-1-3-5-13/h1-5,14-16H,6-12H2. The second-order valence-electron chi connectivity index (χ2n) is 6.11. The zero-order chi connectivity index (χ0) is 15.4. The Morgan fingerprint density at radius 1 is 1.23 bits per heavy atom. The van der Waals surface area contributed by atoms with E-state index < -0.39 is 0 Å². The van der Waals surface area contributed by atoms with Crippen LogP contribution in [0.2, 0.25) is 0 Å². The van der Waals surface area contributed by atoms with Gasteiger partial charge in [-0.15, -0.1) is 0 Å². The van der Waals surface area contributed by atoms with Crippen LogP contribution in [0.5, 0.6) is 0 Å². The number of benzene rings is 1. The average Bonchev–Trinajstić information content (AvgIpc) is 2.53. The van der Waals surface area contributed by atoms with E-state index in [4.69, 9.17) is 9.47 Å². The van der Waals surface area contributed by atoms with Gasteiger partial charge in [0.2, 0.25) is 0 Å². The molecular weight excluding hydrogens is 346 g/mol. The molecule has 1 amide bonds. The van der Waals surface area contributed by atoms with E-state index in [1.165, 1.54) is 6.42 Å². The lowest BCUT2D eigenvalue weighted by Gasteiger charge is -2.47. The lowest BCUT2D eigenvalue weighted by molar-refractivity contribution is -0.0796. The van der Waals surface area contributed by atoms with Gasteiger partial charge in [0.15, 0.2) is 0 Å². The molecule has 0 N–H and O–H groups in total. The van der Waals surface area contributed by atoms with Crippen LogP contribution < -0.4 is 0 Å². The minimum Gasteiger partial charge on any atom is -0.445 e. The maximum Gasteiger partial charge on any atom is 0.410 e. The largest absolute Gasteiger partial charge is 0.445 e. The SMILES string of the molecule is O=C(OCc1ccccc1)N1C2COCC1CC(CCBr)C2. The van der Waals surface area contributed by atoms with Crippen LogP contribution in [-0.4, -0.2) is 41.6 Å². The Kier molecular flexibility index (Phi) is 5.37. The van der Waals surface area contributed by atoms with Crippen molar-refractivity contribution in [3.63, 3.8) is 0 Å². The molecule has 4 nitrogen and oxygen atoms in total. The lowest BCUT2D eigenvalue weighted by atomic mass is 9.84. The normalized spacial score (nSPS) is 27.5. The molecule has 5 heteroatoms. The highest BCUT2D eigenvalue weighted by molar-refractivity contribution is 9.09. The Hall–Kier alpha value is -1.07. The molecule has 0 saturated carbocycles. The molecule has 0 spiro atoms. The van der Waals surface area contributed by atoms with Gasteiger partial charge < -0.3 is 9.47 Å². The number of piperidine rings is 1. The summed E-state index contributed by atoms with van der Waals surface area (Å²) in [6.45, 7) is 1.60. The van der Waals surface area contributed by atoms with E-state index in [2.05, 4.69) is 15.9 Å². The summed E-state index contributed by atoms with van der Waals surface area (Å²) in [5.41, 5.74) is 1.02. The molecule has 1 aromatic rings. The van der Waals surface area contributed by atoms with Gasteiger partial charge in [-0.25, -0.2) is 4.79 Å². The van der Waals surface area contributed by atoms with Gasteiger partial charge in [-0.05, 0) is 30.7 Å². The fraction of sp³-hybridized carbons (Fsp3) is 0.588. The number of carbonyl (C=O) groups is 1. The zero-order valence-electron chi connectivity index (χ0n) is 12.6. The number of rotatable bonds is 4. The second kappa shape index (κ2) is 7.47. The first-order valence-electron chi connectivity index (χ1n) is 7.90. The Balaban J connectivity index is 1.60. The second-order valence-corrected chi connectivity index (χ2v) is 6.90. The Labute approximate surface area is 139 Å². The predicted octanol–water partition coefficient (Wildman–Crippen LogP) is 3.59. The van der Waals surface area contributed by atoms with Crippen LogP contribution in [-0.2, 0) is 16.1 Å². The first kappa shape index (κ1) is 15.8. The maximum atomic E-state index is 12.5. The van der Waals surface area contributed by atoms with E-state index in [1.54, 1.807) is 0 Å². The van der Waals surface area contributed by atoms with Gasteiger partial charge in [0, 0.05) is 5.33 Å². The molecule has 3 rings (SSSR count). The first-order chi connectivity index (χ1) is 10.8. The number of nitrogens with zero attached hydrogens (tertiary/aromatic N) is 1. The summed E-state index contributed by atoms with van der Waals surface area (Å²) < 4.78 is 11.2. The molecule has 2 heterocycles. The maximum absolute atomic E-state index is 12.5. The van der Waals surface area contributed by atoms with Crippen molar-refractivity contribution in [2.24, 2.45) is 5.92 Å². The highest BCUT2D eigenvalue weighted by Crippen LogP contribution is 2.34. The molecule has 0 aromatic heterocycles. The number of hydrogen-bond donors (Lipinski definition) is 0. The summed E-state index contributed by atoms with van der Waals surface area (Å²) in [7, 11) is 0. The molecule has 2 unspecified atom stereocenters. The zero-order valence-corrected chi connectivity index (χ0v) is 14.2. The van der Waals surface area contributed by atoms with Crippen molar-refractivity contribution < 1.29 is 14.3 Å². The van der Waals surface area contributed by atoms with E-state index in [1.807, 2.05) is 35.2 Å². The van der Waals surface area contributed by atoms with Gasteiger partial charge in [-0.3, -0.25) is 4.90 Å². The van der Waals surface area contributed by atoms with Crippen LogP contribution in [0, 0.1) is 5.92 Å². The van der Waals surface area contributed by atoms with E-state index in [0.717, 1.165) is 23.7 Å². The van der Waals surface area contributed by atoms with Crippen molar-refractivity contribution >= 4 is 22.0 Å². The van der Waals surface area contributed by atoms with Crippen LogP contribution >= 0.6 is 15.9 Å². The van der Waals surface area contributed by atoms with E-state index in [0.29, 0.717) is 25.7 Å². The van der Waals surface area contributed by atoms with Crippen LogP contribution in [0.1, 0.15) is 24.8 Å². The fourth-order valence-electron chi connectivity index (χ4n) is 3.51. The van der Waals surface area contributed by atoms with E-state index in [9.17, 15) is 4.79 Å². The minimum absolute atomic E-state index is 0.167. The third-order valence-corrected chi connectivity index (χ3v) is 5.01. The van der Waals surface area contributed by atoms with Crippen molar-refractivity contribution in [1.82, 2.24) is 4.90 Å². The molecular formula is C17H22BrNO3. The third kappa shape index (κ3) is 3.63. The highest BCUT2D eigenvalue weighted by atomic mass is 79.9. The van der Waals surface area contributed by atoms with Gasteiger partial charge in [0.1, 0.15) is 6.61 Å². The number of halogens is 1. The number of fused-ring (bicyclic) bond motifs is 2. The van der Waals surface area contributed by atoms with Gasteiger partial charge >= 0.3 is 6.09 Å². The van der Waals surface area contributed by atoms with E-state index >= 15 is 0 Å². The number of amides is 1. The molecule has 2 atom stereocenters. The quantitative estimate of drug-likeness (QED) is 0.763. The summed E-state index contributed by atoms with van der Waals surface area (Å²) in [5, 5.41) is 1.02. The van der Waals surface area contributed by atoms with Crippen LogP contribution in [0.3, 0.4) is 0 Å². The summed E-state index contributed by atoms with van der Waals surface area (Å²) >= 11 is 3.52. The molecule has 2 fully saturated rings. The third-order valence-electron chi connectivity index (χ3n) is 4.55. The molecule has 2 saturated heterocycles. The molecule has 2 bridgehead atoms. The minimum atomic E-state index is -0.195. The van der Waals surface area contributed by atoms with Crippen molar-refractivity contribution in [1.29, 1.82) is 0 Å². The van der Waals surface area contributed by atoms with Crippen molar-refractivity contribution in [2.45, 2.75) is 38.0 Å². The monoisotopic (exact) mass is 367 g/mol. The number of ether oxygens (including phenoxy) is 2. The van der Waals surface area contributed by atoms with Crippen LogP contribution in [0.4, 0.5) is 4.79 Å². The highest BCUT2D eigenvalue weighted by Gasteiger charge is 2.42. The summed E-state index contributed by atoms with van der Waals surface area (Å²) in [6.07, 6.45) is 3.00. The van der Waals surface area contributed by atoms with Gasteiger partial charge in [0.05, 0.1) is 25.3 Å². The summed E-state index contributed by atoms with van der Waals surface area (Å²) in [4.78, 5) is 14.4. The number of alkyl halides is 1. The molecule has 2 aliphatic heterocycles. The van der Waals surface area contributed by atoms with Crippen molar-refractivity contribution in [2.75, 3.05) is 18.5 Å². The molecule has 1 aromatic carbocycles. The topological polar surface area (TPSA) is 38.8 Å². The van der Waals surface area contributed by atoms with E-state index in [-0.39, 0.29) is 18.2 Å². The molecule has 0 radical (unpaired) electrons. The van der Waals surface area contributed by atoms with Crippen molar-refractivity contribution in [3.8, 4) is 0 Å². The average molecular weight is 368 g/mol. The van der Waals surface area contributed by atoms with Crippen LogP contribution in [0.15, 0.2) is 30.3 Å². The molecule has 120 valence electrons. The van der Waals surface area contributed by atoms with Gasteiger partial charge in [0.25, 0.3) is 0 Å². The van der Waals surface area contributed by atoms with Gasteiger partial charge in [-0.2, -0.15) is 0 Å². The summed E-state index contributed by atoms with van der Waals surface area (Å²) in [6, 6.07) is 10.1. The lowest BCUT2D eigenvalue weighted by Crippen LogP contribution is -2.59. The smallest absolute Gasteiger partial charge is 0.410 e. The predicted molar refractivity (Wildman–Crippen MR) is 88.0 cm³/mol. The molecule has 2 aliphatic rings. The Bertz CT molecular complexity index is 482. The van der Waals surface area contributed by atoms with Crippen molar-refractivity contribution in [3.05, 3.63) is 35.9 Å². The number of carbonyl (C=O) groups excluding carboxylic acids is 1. The van der Waals surface area contributed by atoms with Gasteiger partial charge in [-0.1, -0.05) is 46.3 Å².